The summed E-state index contributed by atoms with van der Waals surface area (Å²) in [6.07, 6.45) is 1.27. The molecule has 0 aliphatic carbocycles. The lowest BCUT2D eigenvalue weighted by Gasteiger charge is -2.14. The summed E-state index contributed by atoms with van der Waals surface area (Å²) in [6.45, 7) is 2.42. The van der Waals surface area contributed by atoms with Crippen LogP contribution >= 0.6 is 23.2 Å². The van der Waals surface area contributed by atoms with Crippen molar-refractivity contribution < 1.29 is 9.47 Å². The number of benzene rings is 2. The summed E-state index contributed by atoms with van der Waals surface area (Å²) in [4.78, 5) is 0. The van der Waals surface area contributed by atoms with Crippen LogP contribution in [-0.4, -0.2) is 31.0 Å². The van der Waals surface area contributed by atoms with E-state index >= 15 is 0 Å². The molecule has 0 saturated heterocycles. The maximum absolute atomic E-state index is 6.46. The summed E-state index contributed by atoms with van der Waals surface area (Å²) in [5.41, 5.74) is 3.64. The van der Waals surface area contributed by atoms with Gasteiger partial charge in [0.15, 0.2) is 5.82 Å². The monoisotopic (exact) mass is 458 g/mol. The molecule has 0 fully saturated rings. The molecule has 0 spiro atoms. The Morgan fingerprint density at radius 1 is 1.00 bits per heavy atom. The smallest absolute Gasteiger partial charge is 0.152 e. The SMILES string of the molecule is CC#CCNc1cccc(Nc2cc(CCc3c(Cl)c(OC)cc(OC)c3Cl)[nH]n2)c1. The summed E-state index contributed by atoms with van der Waals surface area (Å²) in [6, 6.07) is 11.6. The summed E-state index contributed by atoms with van der Waals surface area (Å²) < 4.78 is 10.7. The van der Waals surface area contributed by atoms with Gasteiger partial charge in [-0.1, -0.05) is 35.2 Å². The highest BCUT2D eigenvalue weighted by molar-refractivity contribution is 6.37. The Kier molecular flexibility index (Phi) is 7.94. The van der Waals surface area contributed by atoms with E-state index in [1.807, 2.05) is 37.3 Å². The van der Waals surface area contributed by atoms with Crippen molar-refractivity contribution in [2.75, 3.05) is 31.4 Å². The minimum atomic E-state index is 0.489. The molecule has 0 radical (unpaired) electrons. The van der Waals surface area contributed by atoms with E-state index in [0.717, 1.165) is 28.5 Å². The number of hydrogen-bond donors (Lipinski definition) is 3. The quantitative estimate of drug-likeness (QED) is 0.358. The summed E-state index contributed by atoms with van der Waals surface area (Å²) in [5, 5.41) is 14.9. The zero-order valence-electron chi connectivity index (χ0n) is 17.6. The number of aryl methyl sites for hydroxylation is 1. The molecule has 1 heterocycles. The second-order valence-corrected chi connectivity index (χ2v) is 7.41. The van der Waals surface area contributed by atoms with Crippen molar-refractivity contribution in [3.8, 4) is 23.3 Å². The fourth-order valence-corrected chi connectivity index (χ4v) is 3.75. The van der Waals surface area contributed by atoms with Gasteiger partial charge in [0.25, 0.3) is 0 Å². The van der Waals surface area contributed by atoms with Gasteiger partial charge < -0.3 is 20.1 Å². The second-order valence-electron chi connectivity index (χ2n) is 6.65. The molecule has 3 aromatic rings. The van der Waals surface area contributed by atoms with Crippen LogP contribution in [0.3, 0.4) is 0 Å². The number of nitrogens with zero attached hydrogens (tertiary/aromatic N) is 1. The molecule has 2 aromatic carbocycles. The average molecular weight is 459 g/mol. The van der Waals surface area contributed by atoms with Gasteiger partial charge in [-0.05, 0) is 43.5 Å². The van der Waals surface area contributed by atoms with Crippen molar-refractivity contribution in [2.45, 2.75) is 19.8 Å². The first-order valence-corrected chi connectivity index (χ1v) is 10.4. The van der Waals surface area contributed by atoms with Crippen LogP contribution in [0.4, 0.5) is 17.2 Å². The first-order valence-electron chi connectivity index (χ1n) is 9.69. The lowest BCUT2D eigenvalue weighted by atomic mass is 10.1. The highest BCUT2D eigenvalue weighted by Crippen LogP contribution is 2.40. The third-order valence-corrected chi connectivity index (χ3v) is 5.46. The molecule has 162 valence electrons. The summed E-state index contributed by atoms with van der Waals surface area (Å²) in [7, 11) is 3.12. The Labute approximate surface area is 192 Å². The first kappa shape index (κ1) is 22.7. The third kappa shape index (κ3) is 5.78. The Morgan fingerprint density at radius 2 is 1.71 bits per heavy atom. The van der Waals surface area contributed by atoms with Crippen molar-refractivity contribution in [1.29, 1.82) is 0 Å². The van der Waals surface area contributed by atoms with Crippen molar-refractivity contribution in [3.63, 3.8) is 0 Å². The van der Waals surface area contributed by atoms with Gasteiger partial charge in [-0.25, -0.2) is 0 Å². The van der Waals surface area contributed by atoms with Crippen LogP contribution in [0.5, 0.6) is 11.5 Å². The van der Waals surface area contributed by atoms with Crippen molar-refractivity contribution in [3.05, 3.63) is 57.7 Å². The molecule has 8 heteroatoms. The van der Waals surface area contributed by atoms with Crippen LogP contribution in [0.1, 0.15) is 18.2 Å². The molecule has 0 atom stereocenters. The zero-order chi connectivity index (χ0) is 22.2. The van der Waals surface area contributed by atoms with Crippen LogP contribution in [0.25, 0.3) is 0 Å². The van der Waals surface area contributed by atoms with Gasteiger partial charge in [0.1, 0.15) is 11.5 Å². The zero-order valence-corrected chi connectivity index (χ0v) is 19.1. The minimum Gasteiger partial charge on any atom is -0.495 e. The topological polar surface area (TPSA) is 71.2 Å². The first-order chi connectivity index (χ1) is 15.0. The number of aromatic nitrogens is 2. The van der Waals surface area contributed by atoms with Crippen LogP contribution in [0.2, 0.25) is 10.0 Å². The van der Waals surface area contributed by atoms with E-state index in [-0.39, 0.29) is 0 Å². The third-order valence-electron chi connectivity index (χ3n) is 4.63. The van der Waals surface area contributed by atoms with Gasteiger partial charge >= 0.3 is 0 Å². The fraction of sp³-hybridized carbons (Fsp3) is 0.261. The molecule has 0 unspecified atom stereocenters. The highest BCUT2D eigenvalue weighted by Gasteiger charge is 2.17. The summed E-state index contributed by atoms with van der Waals surface area (Å²) in [5.74, 6) is 7.64. The van der Waals surface area contributed by atoms with Crippen LogP contribution < -0.4 is 20.1 Å². The van der Waals surface area contributed by atoms with Crippen LogP contribution in [0, 0.1) is 11.8 Å². The predicted octanol–water partition coefficient (Wildman–Crippen LogP) is 5.70. The molecule has 0 saturated carbocycles. The van der Waals surface area contributed by atoms with Crippen LogP contribution in [0.15, 0.2) is 36.4 Å². The Bertz CT molecular complexity index is 1070. The largest absolute Gasteiger partial charge is 0.495 e. The number of anilines is 3. The van der Waals surface area contributed by atoms with Gasteiger partial charge in [0, 0.05) is 29.2 Å². The number of nitrogens with one attached hydrogen (secondary N) is 3. The predicted molar refractivity (Wildman–Crippen MR) is 127 cm³/mol. The van der Waals surface area contributed by atoms with Crippen molar-refractivity contribution in [2.24, 2.45) is 0 Å². The molecule has 3 N–H and O–H groups in total. The van der Waals surface area contributed by atoms with E-state index in [4.69, 9.17) is 32.7 Å². The maximum Gasteiger partial charge on any atom is 0.152 e. The van der Waals surface area contributed by atoms with Gasteiger partial charge in [-0.15, -0.1) is 5.92 Å². The molecule has 0 aliphatic rings. The lowest BCUT2D eigenvalue weighted by Crippen LogP contribution is -1.99. The van der Waals surface area contributed by atoms with E-state index in [1.165, 1.54) is 0 Å². The van der Waals surface area contributed by atoms with E-state index < -0.39 is 0 Å². The van der Waals surface area contributed by atoms with Gasteiger partial charge in [-0.3, -0.25) is 5.10 Å². The van der Waals surface area contributed by atoms with Gasteiger partial charge in [-0.2, -0.15) is 5.10 Å². The Morgan fingerprint density at radius 3 is 2.39 bits per heavy atom. The molecular formula is C23H24Cl2N4O2. The van der Waals surface area contributed by atoms with E-state index in [9.17, 15) is 0 Å². The van der Waals surface area contributed by atoms with E-state index in [0.29, 0.717) is 40.9 Å². The second kappa shape index (κ2) is 10.9. The van der Waals surface area contributed by atoms with Gasteiger partial charge in [0.05, 0.1) is 30.8 Å². The molecule has 0 aliphatic heterocycles. The minimum absolute atomic E-state index is 0.489. The average Bonchev–Trinajstić information content (AvgIpc) is 3.21. The molecular weight excluding hydrogens is 435 g/mol. The number of aromatic amines is 1. The van der Waals surface area contributed by atoms with Crippen molar-refractivity contribution in [1.82, 2.24) is 10.2 Å². The molecule has 6 nitrogen and oxygen atoms in total. The maximum atomic E-state index is 6.46. The number of methoxy groups -OCH3 is 2. The Hall–Kier alpha value is -3.01. The standard InChI is InChI=1S/C23H24Cl2N4O2/c1-4-5-11-26-15-7-6-8-16(12-15)27-21-13-17(28-29-21)9-10-18-22(24)19(30-2)14-20(31-3)23(18)25/h6-8,12-14,26H,9-11H2,1-3H3,(H2,27,28,29). The molecule has 31 heavy (non-hydrogen) atoms. The molecule has 1 aromatic heterocycles. The Balaban J connectivity index is 1.67. The number of hydrogen-bond acceptors (Lipinski definition) is 5. The normalized spacial score (nSPS) is 10.2. The lowest BCUT2D eigenvalue weighted by molar-refractivity contribution is 0.393. The van der Waals surface area contributed by atoms with E-state index in [2.05, 4.69) is 32.7 Å². The summed E-state index contributed by atoms with van der Waals surface area (Å²) >= 11 is 12.9. The number of halogens is 2. The molecule has 0 amide bonds. The van der Waals surface area contributed by atoms with Crippen LogP contribution in [-0.2, 0) is 12.8 Å². The molecule has 0 bridgehead atoms. The highest BCUT2D eigenvalue weighted by atomic mass is 35.5. The molecule has 3 rings (SSSR count). The number of rotatable bonds is 9. The van der Waals surface area contributed by atoms with Crippen molar-refractivity contribution >= 4 is 40.4 Å². The fourth-order valence-electron chi connectivity index (χ4n) is 3.06. The van der Waals surface area contributed by atoms with E-state index in [1.54, 1.807) is 20.3 Å². The number of ether oxygens (including phenoxy) is 2. The number of H-pyrrole nitrogens is 1. The van der Waals surface area contributed by atoms with Gasteiger partial charge in [0.2, 0.25) is 0 Å².